The lowest BCUT2D eigenvalue weighted by molar-refractivity contribution is 0.233. The van der Waals surface area contributed by atoms with Gasteiger partial charge in [-0.2, -0.15) is 0 Å². The lowest BCUT2D eigenvalue weighted by atomic mass is 10.1. The van der Waals surface area contributed by atoms with E-state index < -0.39 is 0 Å². The maximum absolute atomic E-state index is 5.61. The molecule has 18 heavy (non-hydrogen) atoms. The zero-order chi connectivity index (χ0) is 12.4. The van der Waals surface area contributed by atoms with Crippen molar-refractivity contribution in [2.75, 3.05) is 33.3 Å². The molecular weight excluding hydrogens is 228 g/mol. The van der Waals surface area contributed by atoms with E-state index in [0.29, 0.717) is 0 Å². The Kier molecular flexibility index (Phi) is 3.21. The van der Waals surface area contributed by atoms with Crippen molar-refractivity contribution in [3.05, 3.63) is 30.0 Å². The second-order valence-electron chi connectivity index (χ2n) is 4.62. The van der Waals surface area contributed by atoms with E-state index in [1.54, 1.807) is 7.11 Å². The summed E-state index contributed by atoms with van der Waals surface area (Å²) in [5, 5.41) is 4.47. The molecule has 0 unspecified atom stereocenters. The third-order valence-corrected chi connectivity index (χ3v) is 3.46. The average molecular weight is 246 g/mol. The van der Waals surface area contributed by atoms with Crippen molar-refractivity contribution >= 4 is 11.0 Å². The van der Waals surface area contributed by atoms with Crippen LogP contribution < -0.4 is 10.1 Å². The van der Waals surface area contributed by atoms with E-state index >= 15 is 0 Å². The minimum absolute atomic E-state index is 0.895. The fourth-order valence-corrected chi connectivity index (χ4v) is 2.52. The predicted octanol–water partition coefficient (Wildman–Crippen LogP) is 1.85. The van der Waals surface area contributed by atoms with E-state index in [9.17, 15) is 0 Å². The third-order valence-electron chi connectivity index (χ3n) is 3.46. The molecule has 1 aromatic carbocycles. The minimum Gasteiger partial charge on any atom is -0.496 e. The average Bonchev–Trinajstić information content (AvgIpc) is 2.83. The van der Waals surface area contributed by atoms with Crippen molar-refractivity contribution in [2.24, 2.45) is 0 Å². The monoisotopic (exact) mass is 246 g/mol. The summed E-state index contributed by atoms with van der Waals surface area (Å²) in [6, 6.07) is 5.93. The van der Waals surface area contributed by atoms with E-state index in [2.05, 4.69) is 10.2 Å². The number of nitrogens with one attached hydrogen (secondary N) is 1. The molecule has 1 aliphatic rings. The number of hydrogen-bond acceptors (Lipinski definition) is 4. The lowest BCUT2D eigenvalue weighted by Gasteiger charge is -2.26. The number of methoxy groups -OCH3 is 1. The molecular formula is C14H18N2O2. The number of benzene rings is 1. The van der Waals surface area contributed by atoms with Gasteiger partial charge in [0.15, 0.2) is 0 Å². The number of nitrogens with zero attached hydrogens (tertiary/aromatic N) is 1. The molecule has 2 aromatic rings. The number of fused-ring (bicyclic) bond motifs is 1. The molecule has 1 aliphatic heterocycles. The molecule has 0 amide bonds. The number of rotatable bonds is 3. The maximum atomic E-state index is 5.61. The predicted molar refractivity (Wildman–Crippen MR) is 70.9 cm³/mol. The van der Waals surface area contributed by atoms with Crippen LogP contribution in [0.4, 0.5) is 0 Å². The summed E-state index contributed by atoms with van der Waals surface area (Å²) in [4.78, 5) is 2.44. The second-order valence-corrected chi connectivity index (χ2v) is 4.62. The number of furan rings is 1. The second kappa shape index (κ2) is 5.00. The molecule has 96 valence electrons. The Morgan fingerprint density at radius 3 is 2.94 bits per heavy atom. The van der Waals surface area contributed by atoms with Crippen molar-refractivity contribution in [1.82, 2.24) is 10.2 Å². The van der Waals surface area contributed by atoms with E-state index in [0.717, 1.165) is 49.4 Å². The van der Waals surface area contributed by atoms with Crippen LogP contribution in [0.1, 0.15) is 5.56 Å². The fraction of sp³-hybridized carbons (Fsp3) is 0.429. The largest absolute Gasteiger partial charge is 0.496 e. The number of ether oxygens (including phenoxy) is 1. The van der Waals surface area contributed by atoms with Gasteiger partial charge in [0.05, 0.1) is 18.8 Å². The first-order valence-corrected chi connectivity index (χ1v) is 6.34. The van der Waals surface area contributed by atoms with Gasteiger partial charge >= 0.3 is 0 Å². The van der Waals surface area contributed by atoms with E-state index in [1.807, 2.05) is 24.5 Å². The SMILES string of the molecule is COc1cccc2occ(CN3CCNCC3)c12. The van der Waals surface area contributed by atoms with Crippen LogP contribution in [-0.4, -0.2) is 38.2 Å². The Hall–Kier alpha value is -1.52. The topological polar surface area (TPSA) is 37.6 Å². The number of hydrogen-bond donors (Lipinski definition) is 1. The first kappa shape index (κ1) is 11.6. The van der Waals surface area contributed by atoms with Crippen LogP contribution in [0.5, 0.6) is 5.75 Å². The first-order chi connectivity index (χ1) is 8.88. The number of piperazine rings is 1. The molecule has 1 saturated heterocycles. The van der Waals surface area contributed by atoms with Crippen molar-refractivity contribution < 1.29 is 9.15 Å². The van der Waals surface area contributed by atoms with Crippen LogP contribution in [0.2, 0.25) is 0 Å². The maximum Gasteiger partial charge on any atom is 0.137 e. The highest BCUT2D eigenvalue weighted by atomic mass is 16.5. The molecule has 0 radical (unpaired) electrons. The normalized spacial score (nSPS) is 17.2. The first-order valence-electron chi connectivity index (χ1n) is 6.34. The summed E-state index contributed by atoms with van der Waals surface area (Å²) in [5.74, 6) is 0.895. The molecule has 1 fully saturated rings. The van der Waals surface area contributed by atoms with Crippen molar-refractivity contribution in [3.63, 3.8) is 0 Å². The zero-order valence-electron chi connectivity index (χ0n) is 10.6. The summed E-state index contributed by atoms with van der Waals surface area (Å²) in [6.07, 6.45) is 1.86. The van der Waals surface area contributed by atoms with E-state index in [4.69, 9.17) is 9.15 Å². The summed E-state index contributed by atoms with van der Waals surface area (Å²) >= 11 is 0. The van der Waals surface area contributed by atoms with Gasteiger partial charge in [-0.15, -0.1) is 0 Å². The highest BCUT2D eigenvalue weighted by Crippen LogP contribution is 2.31. The Bertz CT molecular complexity index is 530. The molecule has 1 N–H and O–H groups in total. The molecule has 0 saturated carbocycles. The van der Waals surface area contributed by atoms with Gasteiger partial charge in [-0.05, 0) is 12.1 Å². The molecule has 3 rings (SSSR count). The molecule has 2 heterocycles. The summed E-state index contributed by atoms with van der Waals surface area (Å²) in [7, 11) is 1.70. The standard InChI is InChI=1S/C14H18N2O2/c1-17-12-3-2-4-13-14(12)11(10-18-13)9-16-7-5-15-6-8-16/h2-4,10,15H,5-9H2,1H3. The van der Waals surface area contributed by atoms with Crippen LogP contribution in [-0.2, 0) is 6.54 Å². The highest BCUT2D eigenvalue weighted by Gasteiger charge is 2.15. The molecule has 0 bridgehead atoms. The third kappa shape index (κ3) is 2.09. The fourth-order valence-electron chi connectivity index (χ4n) is 2.52. The van der Waals surface area contributed by atoms with Gasteiger partial charge in [0.2, 0.25) is 0 Å². The van der Waals surface area contributed by atoms with Gasteiger partial charge in [-0.1, -0.05) is 6.07 Å². The van der Waals surface area contributed by atoms with Crippen LogP contribution in [0.15, 0.2) is 28.9 Å². The van der Waals surface area contributed by atoms with Gasteiger partial charge in [0, 0.05) is 38.3 Å². The Balaban J connectivity index is 1.91. The van der Waals surface area contributed by atoms with Crippen molar-refractivity contribution in [3.8, 4) is 5.75 Å². The Labute approximate surface area is 107 Å². The Morgan fingerprint density at radius 1 is 1.33 bits per heavy atom. The van der Waals surface area contributed by atoms with E-state index in [-0.39, 0.29) is 0 Å². The Morgan fingerprint density at radius 2 is 2.17 bits per heavy atom. The quantitative estimate of drug-likeness (QED) is 0.897. The summed E-state index contributed by atoms with van der Waals surface area (Å²) in [5.41, 5.74) is 2.11. The van der Waals surface area contributed by atoms with E-state index in [1.165, 1.54) is 5.56 Å². The molecule has 0 spiro atoms. The van der Waals surface area contributed by atoms with Crippen molar-refractivity contribution in [2.45, 2.75) is 6.54 Å². The minimum atomic E-state index is 0.895. The van der Waals surface area contributed by atoms with Gasteiger partial charge in [0.25, 0.3) is 0 Å². The van der Waals surface area contributed by atoms with Gasteiger partial charge < -0.3 is 14.5 Å². The van der Waals surface area contributed by atoms with Gasteiger partial charge in [0.1, 0.15) is 11.3 Å². The molecule has 1 aromatic heterocycles. The lowest BCUT2D eigenvalue weighted by Crippen LogP contribution is -2.42. The van der Waals surface area contributed by atoms with Gasteiger partial charge in [-0.3, -0.25) is 4.90 Å². The summed E-state index contributed by atoms with van der Waals surface area (Å²) in [6.45, 7) is 5.22. The molecule has 0 atom stereocenters. The zero-order valence-corrected chi connectivity index (χ0v) is 10.6. The highest BCUT2D eigenvalue weighted by molar-refractivity contribution is 5.87. The molecule has 4 heteroatoms. The van der Waals surface area contributed by atoms with Gasteiger partial charge in [-0.25, -0.2) is 0 Å². The van der Waals surface area contributed by atoms with Crippen LogP contribution >= 0.6 is 0 Å². The van der Waals surface area contributed by atoms with Crippen LogP contribution in [0.25, 0.3) is 11.0 Å². The van der Waals surface area contributed by atoms with Crippen LogP contribution in [0, 0.1) is 0 Å². The molecule has 4 nitrogen and oxygen atoms in total. The van der Waals surface area contributed by atoms with Crippen LogP contribution in [0.3, 0.4) is 0 Å². The summed E-state index contributed by atoms with van der Waals surface area (Å²) < 4.78 is 11.0. The van der Waals surface area contributed by atoms with Crippen molar-refractivity contribution in [1.29, 1.82) is 0 Å². The molecule has 0 aliphatic carbocycles. The smallest absolute Gasteiger partial charge is 0.137 e.